The van der Waals surface area contributed by atoms with Crippen molar-refractivity contribution in [2.45, 2.75) is 12.5 Å². The van der Waals surface area contributed by atoms with Gasteiger partial charge in [-0.05, 0) is 23.8 Å². The molecule has 0 bridgehead atoms. The molecule has 3 heteroatoms. The van der Waals surface area contributed by atoms with Crippen molar-refractivity contribution in [3.63, 3.8) is 0 Å². The Balaban J connectivity index is 1.56. The summed E-state index contributed by atoms with van der Waals surface area (Å²) in [4.78, 5) is 0. The minimum absolute atomic E-state index is 0.441. The Hall–Kier alpha value is -2.00. The van der Waals surface area contributed by atoms with Crippen LogP contribution in [0.25, 0.3) is 0 Å². The van der Waals surface area contributed by atoms with E-state index in [1.807, 2.05) is 24.3 Å². The van der Waals surface area contributed by atoms with Crippen LogP contribution in [-0.4, -0.2) is 20.3 Å². The van der Waals surface area contributed by atoms with Gasteiger partial charge in [0.1, 0.15) is 11.5 Å². The maximum Gasteiger partial charge on any atom is 0.122 e. The van der Waals surface area contributed by atoms with Crippen LogP contribution in [0, 0.1) is 0 Å². The molecule has 0 radical (unpaired) electrons. The van der Waals surface area contributed by atoms with Crippen LogP contribution in [0.1, 0.15) is 17.0 Å². The summed E-state index contributed by atoms with van der Waals surface area (Å²) in [6.45, 7) is 2.54. The van der Waals surface area contributed by atoms with E-state index in [4.69, 9.17) is 9.47 Å². The standard InChI is InChI=1S/C17H19NO2/c1-19-15-6-4-5-13(9-15)10-18-11-14-12-20-17-8-3-2-7-16(14)17/h2-9,14,18H,10-12H2,1H3. The number of rotatable bonds is 5. The first kappa shape index (κ1) is 13.0. The number of benzene rings is 2. The fourth-order valence-corrected chi connectivity index (χ4v) is 2.57. The highest BCUT2D eigenvalue weighted by atomic mass is 16.5. The molecule has 1 aliphatic rings. The van der Waals surface area contributed by atoms with E-state index >= 15 is 0 Å². The van der Waals surface area contributed by atoms with E-state index in [1.54, 1.807) is 7.11 Å². The first-order valence-electron chi connectivity index (χ1n) is 6.92. The van der Waals surface area contributed by atoms with Gasteiger partial charge in [-0.25, -0.2) is 0 Å². The maximum absolute atomic E-state index is 5.69. The monoisotopic (exact) mass is 269 g/mol. The summed E-state index contributed by atoms with van der Waals surface area (Å²) >= 11 is 0. The van der Waals surface area contributed by atoms with Gasteiger partial charge in [0.2, 0.25) is 0 Å². The number of methoxy groups -OCH3 is 1. The third kappa shape index (κ3) is 2.78. The second kappa shape index (κ2) is 5.97. The average Bonchev–Trinajstić information content (AvgIpc) is 2.91. The van der Waals surface area contributed by atoms with Crippen molar-refractivity contribution < 1.29 is 9.47 Å². The van der Waals surface area contributed by atoms with E-state index in [1.165, 1.54) is 11.1 Å². The van der Waals surface area contributed by atoms with Gasteiger partial charge in [-0.1, -0.05) is 30.3 Å². The van der Waals surface area contributed by atoms with Crippen molar-refractivity contribution in [2.75, 3.05) is 20.3 Å². The fraction of sp³-hybridized carbons (Fsp3) is 0.294. The minimum atomic E-state index is 0.441. The van der Waals surface area contributed by atoms with Crippen LogP contribution in [0.15, 0.2) is 48.5 Å². The Kier molecular flexibility index (Phi) is 3.88. The molecule has 104 valence electrons. The maximum atomic E-state index is 5.69. The lowest BCUT2D eigenvalue weighted by Crippen LogP contribution is -2.22. The predicted octanol–water partition coefficient (Wildman–Crippen LogP) is 2.96. The molecule has 0 saturated carbocycles. The van der Waals surface area contributed by atoms with E-state index in [-0.39, 0.29) is 0 Å². The molecule has 1 aliphatic heterocycles. The summed E-state index contributed by atoms with van der Waals surface area (Å²) in [7, 11) is 1.69. The van der Waals surface area contributed by atoms with Gasteiger partial charge >= 0.3 is 0 Å². The molecule has 2 aromatic carbocycles. The summed E-state index contributed by atoms with van der Waals surface area (Å²) < 4.78 is 10.9. The topological polar surface area (TPSA) is 30.5 Å². The lowest BCUT2D eigenvalue weighted by atomic mass is 10.0. The van der Waals surface area contributed by atoms with Crippen molar-refractivity contribution in [2.24, 2.45) is 0 Å². The molecule has 1 heterocycles. The zero-order valence-corrected chi connectivity index (χ0v) is 11.6. The Morgan fingerprint density at radius 1 is 1.20 bits per heavy atom. The number of fused-ring (bicyclic) bond motifs is 1. The summed E-state index contributed by atoms with van der Waals surface area (Å²) in [5.74, 6) is 2.37. The van der Waals surface area contributed by atoms with E-state index in [9.17, 15) is 0 Å². The lowest BCUT2D eigenvalue weighted by molar-refractivity contribution is 0.326. The highest BCUT2D eigenvalue weighted by Gasteiger charge is 2.22. The average molecular weight is 269 g/mol. The molecule has 2 aromatic rings. The smallest absolute Gasteiger partial charge is 0.122 e. The van der Waals surface area contributed by atoms with Crippen molar-refractivity contribution in [1.82, 2.24) is 5.32 Å². The molecule has 0 aromatic heterocycles. The SMILES string of the molecule is COc1cccc(CNCC2COc3ccccc32)c1. The van der Waals surface area contributed by atoms with Crippen molar-refractivity contribution in [1.29, 1.82) is 0 Å². The Morgan fingerprint density at radius 2 is 2.10 bits per heavy atom. The molecule has 3 nitrogen and oxygen atoms in total. The Labute approximate surface area is 119 Å². The van der Waals surface area contributed by atoms with Crippen LogP contribution in [0.3, 0.4) is 0 Å². The third-order valence-electron chi connectivity index (χ3n) is 3.65. The number of hydrogen-bond acceptors (Lipinski definition) is 3. The largest absolute Gasteiger partial charge is 0.497 e. The van der Waals surface area contributed by atoms with E-state index in [0.717, 1.165) is 31.2 Å². The molecule has 1 unspecified atom stereocenters. The Bertz CT molecular complexity index is 583. The molecule has 20 heavy (non-hydrogen) atoms. The van der Waals surface area contributed by atoms with E-state index in [0.29, 0.717) is 5.92 Å². The van der Waals surface area contributed by atoms with E-state index in [2.05, 4.69) is 29.6 Å². The van der Waals surface area contributed by atoms with Gasteiger partial charge in [0.05, 0.1) is 13.7 Å². The van der Waals surface area contributed by atoms with Gasteiger partial charge in [-0.15, -0.1) is 0 Å². The van der Waals surface area contributed by atoms with Crippen molar-refractivity contribution >= 4 is 0 Å². The molecular formula is C17H19NO2. The van der Waals surface area contributed by atoms with Crippen molar-refractivity contribution in [3.05, 3.63) is 59.7 Å². The first-order chi connectivity index (χ1) is 9.86. The fourth-order valence-electron chi connectivity index (χ4n) is 2.57. The quantitative estimate of drug-likeness (QED) is 0.905. The van der Waals surface area contributed by atoms with Crippen LogP contribution in [0.2, 0.25) is 0 Å². The number of nitrogens with one attached hydrogen (secondary N) is 1. The molecule has 0 saturated heterocycles. The van der Waals surface area contributed by atoms with Crippen molar-refractivity contribution in [3.8, 4) is 11.5 Å². The summed E-state index contributed by atoms with van der Waals surface area (Å²) in [5.41, 5.74) is 2.54. The number of ether oxygens (including phenoxy) is 2. The van der Waals surface area contributed by atoms with Crippen LogP contribution < -0.4 is 14.8 Å². The molecule has 1 atom stereocenters. The van der Waals surface area contributed by atoms with Crippen LogP contribution in [0.5, 0.6) is 11.5 Å². The van der Waals surface area contributed by atoms with Crippen LogP contribution in [0.4, 0.5) is 0 Å². The number of para-hydroxylation sites is 1. The highest BCUT2D eigenvalue weighted by molar-refractivity contribution is 5.39. The van der Waals surface area contributed by atoms with Crippen LogP contribution >= 0.6 is 0 Å². The van der Waals surface area contributed by atoms with Gasteiger partial charge in [0, 0.05) is 24.6 Å². The molecular weight excluding hydrogens is 250 g/mol. The summed E-state index contributed by atoms with van der Waals surface area (Å²) in [5, 5.41) is 3.50. The number of hydrogen-bond donors (Lipinski definition) is 1. The highest BCUT2D eigenvalue weighted by Crippen LogP contribution is 2.32. The molecule has 1 N–H and O–H groups in total. The normalized spacial score (nSPS) is 16.6. The first-order valence-corrected chi connectivity index (χ1v) is 6.92. The zero-order valence-electron chi connectivity index (χ0n) is 11.6. The molecule has 0 fully saturated rings. The second-order valence-corrected chi connectivity index (χ2v) is 5.03. The molecule has 0 aliphatic carbocycles. The predicted molar refractivity (Wildman–Crippen MR) is 79.4 cm³/mol. The van der Waals surface area contributed by atoms with Gasteiger partial charge in [-0.2, -0.15) is 0 Å². The molecule has 3 rings (SSSR count). The van der Waals surface area contributed by atoms with E-state index < -0.39 is 0 Å². The second-order valence-electron chi connectivity index (χ2n) is 5.03. The third-order valence-corrected chi connectivity index (χ3v) is 3.65. The van der Waals surface area contributed by atoms with Gasteiger partial charge in [0.15, 0.2) is 0 Å². The lowest BCUT2D eigenvalue weighted by Gasteiger charge is -2.11. The van der Waals surface area contributed by atoms with Gasteiger partial charge < -0.3 is 14.8 Å². The van der Waals surface area contributed by atoms with Gasteiger partial charge in [-0.3, -0.25) is 0 Å². The summed E-state index contributed by atoms with van der Waals surface area (Å²) in [6.07, 6.45) is 0. The Morgan fingerprint density at radius 3 is 3.00 bits per heavy atom. The molecule has 0 spiro atoms. The minimum Gasteiger partial charge on any atom is -0.497 e. The molecule has 0 amide bonds. The van der Waals surface area contributed by atoms with Gasteiger partial charge in [0.25, 0.3) is 0 Å². The summed E-state index contributed by atoms with van der Waals surface area (Å²) in [6, 6.07) is 16.4. The zero-order chi connectivity index (χ0) is 13.8. The van der Waals surface area contributed by atoms with Crippen LogP contribution in [-0.2, 0) is 6.54 Å².